The van der Waals surface area contributed by atoms with Crippen molar-refractivity contribution in [3.05, 3.63) is 16.3 Å². The van der Waals surface area contributed by atoms with Crippen molar-refractivity contribution in [3.8, 4) is 0 Å². The number of thiophene rings is 1. The molecule has 1 heterocycles. The second kappa shape index (κ2) is 5.48. The van der Waals surface area contributed by atoms with Gasteiger partial charge in [-0.15, -0.1) is 11.3 Å². The van der Waals surface area contributed by atoms with Crippen LogP contribution in [0, 0.1) is 5.92 Å². The van der Waals surface area contributed by atoms with Crippen LogP contribution in [0.25, 0.3) is 0 Å². The van der Waals surface area contributed by atoms with Gasteiger partial charge in [0.1, 0.15) is 0 Å². The Morgan fingerprint density at radius 1 is 1.41 bits per heavy atom. The minimum absolute atomic E-state index is 0.348. The summed E-state index contributed by atoms with van der Waals surface area (Å²) in [4.78, 5) is 1.24. The highest BCUT2D eigenvalue weighted by Crippen LogP contribution is 2.25. The molecule has 1 fully saturated rings. The first kappa shape index (κ1) is 13.0. The van der Waals surface area contributed by atoms with E-state index in [1.165, 1.54) is 24.2 Å². The van der Waals surface area contributed by atoms with Crippen molar-refractivity contribution in [1.82, 2.24) is 4.72 Å². The number of hydrogen-bond donors (Lipinski definition) is 2. The van der Waals surface area contributed by atoms with Crippen molar-refractivity contribution in [2.75, 3.05) is 6.54 Å². The summed E-state index contributed by atoms with van der Waals surface area (Å²) in [5.74, 6) is 0.511. The third-order valence-electron chi connectivity index (χ3n) is 3.18. The highest BCUT2D eigenvalue weighted by atomic mass is 32.2. The van der Waals surface area contributed by atoms with E-state index >= 15 is 0 Å². The zero-order chi connectivity index (χ0) is 12.3. The lowest BCUT2D eigenvalue weighted by atomic mass is 10.1. The van der Waals surface area contributed by atoms with E-state index in [1.807, 2.05) is 0 Å². The van der Waals surface area contributed by atoms with E-state index in [0.717, 1.165) is 17.7 Å². The summed E-state index contributed by atoms with van der Waals surface area (Å²) >= 11 is 1.39. The first-order valence-corrected chi connectivity index (χ1v) is 8.25. The topological polar surface area (TPSA) is 72.2 Å². The molecule has 1 aliphatic rings. The van der Waals surface area contributed by atoms with Crippen LogP contribution in [-0.4, -0.2) is 15.0 Å². The maximum absolute atomic E-state index is 12.0. The predicted molar refractivity (Wildman–Crippen MR) is 69.4 cm³/mol. The summed E-state index contributed by atoms with van der Waals surface area (Å²) in [7, 11) is -3.33. The molecule has 0 atom stereocenters. The molecule has 1 aromatic heterocycles. The average molecular weight is 274 g/mol. The third kappa shape index (κ3) is 3.28. The molecule has 0 aliphatic heterocycles. The van der Waals surface area contributed by atoms with Gasteiger partial charge in [-0.1, -0.05) is 12.8 Å². The van der Waals surface area contributed by atoms with E-state index in [1.54, 1.807) is 11.4 Å². The Labute approximate surface area is 106 Å². The number of nitrogens with two attached hydrogens (primary N) is 1. The molecule has 0 spiro atoms. The van der Waals surface area contributed by atoms with Crippen molar-refractivity contribution in [2.45, 2.75) is 37.1 Å². The van der Waals surface area contributed by atoms with Crippen molar-refractivity contribution in [2.24, 2.45) is 11.7 Å². The Morgan fingerprint density at radius 2 is 2.12 bits per heavy atom. The maximum Gasteiger partial charge on any atom is 0.241 e. The molecule has 2 rings (SSSR count). The van der Waals surface area contributed by atoms with E-state index in [4.69, 9.17) is 5.73 Å². The van der Waals surface area contributed by atoms with E-state index < -0.39 is 10.0 Å². The van der Waals surface area contributed by atoms with E-state index in [0.29, 0.717) is 23.9 Å². The molecule has 0 bridgehead atoms. The smallest absolute Gasteiger partial charge is 0.241 e. The minimum Gasteiger partial charge on any atom is -0.326 e. The summed E-state index contributed by atoms with van der Waals surface area (Å²) in [6, 6.07) is 1.65. The van der Waals surface area contributed by atoms with Crippen LogP contribution in [0.2, 0.25) is 0 Å². The van der Waals surface area contributed by atoms with Gasteiger partial charge in [0.2, 0.25) is 10.0 Å². The van der Waals surface area contributed by atoms with Crippen molar-refractivity contribution in [3.63, 3.8) is 0 Å². The van der Waals surface area contributed by atoms with Gasteiger partial charge in [-0.3, -0.25) is 0 Å². The van der Waals surface area contributed by atoms with Crippen molar-refractivity contribution < 1.29 is 8.42 Å². The summed E-state index contributed by atoms with van der Waals surface area (Å²) in [6.45, 7) is 0.957. The molecule has 3 N–H and O–H groups in total. The van der Waals surface area contributed by atoms with Crippen LogP contribution in [0.5, 0.6) is 0 Å². The number of nitrogens with one attached hydrogen (secondary N) is 1. The third-order valence-corrected chi connectivity index (χ3v) is 5.69. The summed E-state index contributed by atoms with van der Waals surface area (Å²) in [5, 5.41) is 1.65. The fourth-order valence-corrected chi connectivity index (χ4v) is 4.41. The monoisotopic (exact) mass is 274 g/mol. The van der Waals surface area contributed by atoms with Crippen LogP contribution in [0.15, 0.2) is 16.3 Å². The lowest BCUT2D eigenvalue weighted by molar-refractivity contribution is 0.520. The molecule has 0 aromatic carbocycles. The molecule has 1 aromatic rings. The molecule has 96 valence electrons. The van der Waals surface area contributed by atoms with Crippen molar-refractivity contribution in [1.29, 1.82) is 0 Å². The van der Waals surface area contributed by atoms with Gasteiger partial charge >= 0.3 is 0 Å². The Morgan fingerprint density at radius 3 is 2.71 bits per heavy atom. The van der Waals surface area contributed by atoms with Gasteiger partial charge in [0.15, 0.2) is 0 Å². The molecule has 0 unspecified atom stereocenters. The fraction of sp³-hybridized carbons (Fsp3) is 0.636. The van der Waals surface area contributed by atoms with Crippen LogP contribution in [0.1, 0.15) is 30.6 Å². The van der Waals surface area contributed by atoms with Crippen LogP contribution in [0.4, 0.5) is 0 Å². The van der Waals surface area contributed by atoms with Crippen LogP contribution in [0.3, 0.4) is 0 Å². The lowest BCUT2D eigenvalue weighted by Gasteiger charge is -2.10. The molecule has 0 radical (unpaired) electrons. The average Bonchev–Trinajstić information content (AvgIpc) is 2.98. The predicted octanol–water partition coefficient (Wildman–Crippen LogP) is 1.68. The molecular formula is C11H18N2O2S2. The molecule has 6 heteroatoms. The van der Waals surface area contributed by atoms with Gasteiger partial charge in [0.25, 0.3) is 0 Å². The second-order valence-corrected chi connectivity index (χ2v) is 7.22. The molecule has 1 aliphatic carbocycles. The Balaban J connectivity index is 1.97. The van der Waals surface area contributed by atoms with Gasteiger partial charge in [0.05, 0.1) is 4.90 Å². The largest absolute Gasteiger partial charge is 0.326 e. The lowest BCUT2D eigenvalue weighted by Crippen LogP contribution is -2.28. The quantitative estimate of drug-likeness (QED) is 0.858. The first-order valence-electron chi connectivity index (χ1n) is 5.89. The SMILES string of the molecule is NCc1cc(S(=O)(=O)NCC2CCCC2)cs1. The minimum atomic E-state index is -3.33. The zero-order valence-electron chi connectivity index (χ0n) is 9.69. The fourth-order valence-electron chi connectivity index (χ4n) is 2.13. The van der Waals surface area contributed by atoms with Gasteiger partial charge in [-0.25, -0.2) is 13.1 Å². The summed E-state index contributed by atoms with van der Waals surface area (Å²) < 4.78 is 26.6. The Kier molecular flexibility index (Phi) is 4.19. The molecule has 0 amide bonds. The number of rotatable bonds is 5. The van der Waals surface area contributed by atoms with Gasteiger partial charge < -0.3 is 5.73 Å². The van der Waals surface area contributed by atoms with E-state index in [-0.39, 0.29) is 0 Å². The standard InChI is InChI=1S/C11H18N2O2S2/c12-6-10-5-11(8-16-10)17(14,15)13-7-9-3-1-2-4-9/h5,8-9,13H,1-4,6-7,12H2. The molecular weight excluding hydrogens is 256 g/mol. The molecule has 17 heavy (non-hydrogen) atoms. The Hall–Kier alpha value is -0.430. The normalized spacial score (nSPS) is 17.7. The highest BCUT2D eigenvalue weighted by Gasteiger charge is 2.20. The van der Waals surface area contributed by atoms with E-state index in [9.17, 15) is 8.42 Å². The van der Waals surface area contributed by atoms with Crippen LogP contribution < -0.4 is 10.5 Å². The second-order valence-electron chi connectivity index (χ2n) is 4.46. The molecule has 4 nitrogen and oxygen atoms in total. The summed E-state index contributed by atoms with van der Waals surface area (Å²) in [6.07, 6.45) is 4.73. The first-order chi connectivity index (χ1) is 8.12. The zero-order valence-corrected chi connectivity index (χ0v) is 11.3. The molecule has 1 saturated carbocycles. The van der Waals surface area contributed by atoms with Gasteiger partial charge in [-0.05, 0) is 24.8 Å². The number of hydrogen-bond acceptors (Lipinski definition) is 4. The number of sulfonamides is 1. The van der Waals surface area contributed by atoms with Crippen LogP contribution in [-0.2, 0) is 16.6 Å². The van der Waals surface area contributed by atoms with Crippen molar-refractivity contribution >= 4 is 21.4 Å². The van der Waals surface area contributed by atoms with Gasteiger partial charge in [0, 0.05) is 23.3 Å². The molecule has 0 saturated heterocycles. The van der Waals surface area contributed by atoms with E-state index in [2.05, 4.69) is 4.72 Å². The van der Waals surface area contributed by atoms with Crippen LogP contribution >= 0.6 is 11.3 Å². The van der Waals surface area contributed by atoms with Gasteiger partial charge in [-0.2, -0.15) is 0 Å². The highest BCUT2D eigenvalue weighted by molar-refractivity contribution is 7.89. The maximum atomic E-state index is 12.0. The summed E-state index contributed by atoms with van der Waals surface area (Å²) in [5.41, 5.74) is 5.48. The Bertz CT molecular complexity index is 462.